The molecule has 2 heterocycles. The minimum atomic E-state index is 0.584. The summed E-state index contributed by atoms with van der Waals surface area (Å²) in [6, 6.07) is 5.87. The summed E-state index contributed by atoms with van der Waals surface area (Å²) in [5.41, 5.74) is 8.66. The monoisotopic (exact) mass is 254 g/mol. The second-order valence-electron chi connectivity index (χ2n) is 4.36. The summed E-state index contributed by atoms with van der Waals surface area (Å²) < 4.78 is 0. The molecule has 0 radical (unpaired) electrons. The Bertz CT molecular complexity index is 704. The van der Waals surface area contributed by atoms with Gasteiger partial charge in [-0.25, -0.2) is 4.98 Å². The fourth-order valence-electron chi connectivity index (χ4n) is 2.01. The maximum atomic E-state index is 5.97. The van der Waals surface area contributed by atoms with Gasteiger partial charge in [-0.15, -0.1) is 0 Å². The maximum absolute atomic E-state index is 5.97. The first-order valence-corrected chi connectivity index (χ1v) is 5.97. The van der Waals surface area contributed by atoms with Crippen LogP contribution in [0.15, 0.2) is 30.7 Å². The maximum Gasteiger partial charge on any atom is 0.143 e. The number of hydrogen-bond acceptors (Lipinski definition) is 5. The molecular formula is C13H14N6. The first-order valence-electron chi connectivity index (χ1n) is 5.97. The van der Waals surface area contributed by atoms with Crippen LogP contribution in [0.5, 0.6) is 0 Å². The first-order chi connectivity index (χ1) is 9.24. The van der Waals surface area contributed by atoms with Crippen LogP contribution < -0.4 is 11.1 Å². The van der Waals surface area contributed by atoms with Crippen LogP contribution in [-0.4, -0.2) is 20.2 Å². The number of nitrogens with two attached hydrogens (primary N) is 1. The van der Waals surface area contributed by atoms with Gasteiger partial charge in [-0.3, -0.25) is 10.1 Å². The van der Waals surface area contributed by atoms with Crippen molar-refractivity contribution in [3.63, 3.8) is 0 Å². The van der Waals surface area contributed by atoms with Gasteiger partial charge >= 0.3 is 0 Å². The lowest BCUT2D eigenvalue weighted by molar-refractivity contribution is 0.956. The summed E-state index contributed by atoms with van der Waals surface area (Å²) in [6.07, 6.45) is 3.30. The van der Waals surface area contributed by atoms with Crippen LogP contribution in [0, 0.1) is 6.92 Å². The molecule has 0 unspecified atom stereocenters. The Labute approximate surface area is 110 Å². The number of H-pyrrole nitrogens is 1. The standard InChI is InChI=1S/C13H14N6/c1-8-4-9-10(5-15-8)11(14)2-3-12(9)16-6-13-17-7-18-19-13/h2-5,7,16H,6,14H2,1H3,(H,17,18,19). The predicted molar refractivity (Wildman–Crippen MR) is 74.6 cm³/mol. The molecule has 0 bridgehead atoms. The number of rotatable bonds is 3. The molecule has 0 aliphatic rings. The Morgan fingerprint density at radius 1 is 1.26 bits per heavy atom. The number of aryl methyl sites for hydroxylation is 1. The first kappa shape index (κ1) is 11.5. The zero-order valence-electron chi connectivity index (χ0n) is 10.5. The quantitative estimate of drug-likeness (QED) is 0.620. The summed E-state index contributed by atoms with van der Waals surface area (Å²) in [5.74, 6) is 0.788. The molecular weight excluding hydrogens is 240 g/mol. The third kappa shape index (κ3) is 2.20. The van der Waals surface area contributed by atoms with E-state index in [4.69, 9.17) is 5.73 Å². The molecule has 0 aliphatic heterocycles. The highest BCUT2D eigenvalue weighted by Crippen LogP contribution is 2.28. The van der Waals surface area contributed by atoms with Gasteiger partial charge in [0.05, 0.1) is 6.54 Å². The van der Waals surface area contributed by atoms with E-state index in [0.717, 1.165) is 33.7 Å². The Balaban J connectivity index is 1.98. The molecule has 6 nitrogen and oxygen atoms in total. The third-order valence-corrected chi connectivity index (χ3v) is 2.98. The van der Waals surface area contributed by atoms with Crippen LogP contribution >= 0.6 is 0 Å². The highest BCUT2D eigenvalue weighted by atomic mass is 15.2. The van der Waals surface area contributed by atoms with E-state index in [9.17, 15) is 0 Å². The van der Waals surface area contributed by atoms with Crippen molar-refractivity contribution in [2.24, 2.45) is 0 Å². The smallest absolute Gasteiger partial charge is 0.143 e. The second-order valence-corrected chi connectivity index (χ2v) is 4.36. The minimum absolute atomic E-state index is 0.584. The van der Waals surface area contributed by atoms with E-state index in [-0.39, 0.29) is 0 Å². The molecule has 19 heavy (non-hydrogen) atoms. The summed E-state index contributed by atoms with van der Waals surface area (Å²) in [6.45, 7) is 2.54. The van der Waals surface area contributed by atoms with E-state index >= 15 is 0 Å². The fourth-order valence-corrected chi connectivity index (χ4v) is 2.01. The van der Waals surface area contributed by atoms with E-state index in [2.05, 4.69) is 25.5 Å². The number of nitrogens with one attached hydrogen (secondary N) is 2. The molecule has 0 aliphatic carbocycles. The molecule has 3 rings (SSSR count). The number of benzene rings is 1. The Morgan fingerprint density at radius 3 is 2.95 bits per heavy atom. The van der Waals surface area contributed by atoms with Crippen LogP contribution in [0.3, 0.4) is 0 Å². The highest BCUT2D eigenvalue weighted by Gasteiger charge is 2.05. The van der Waals surface area contributed by atoms with Gasteiger partial charge in [0.25, 0.3) is 0 Å². The van der Waals surface area contributed by atoms with Gasteiger partial charge in [0.15, 0.2) is 0 Å². The van der Waals surface area contributed by atoms with Crippen LogP contribution in [0.1, 0.15) is 11.5 Å². The normalized spacial score (nSPS) is 10.8. The molecule has 4 N–H and O–H groups in total. The van der Waals surface area contributed by atoms with Crippen LogP contribution in [0.4, 0.5) is 11.4 Å². The van der Waals surface area contributed by atoms with Crippen LogP contribution in [-0.2, 0) is 6.54 Å². The Kier molecular flexibility index (Phi) is 2.75. The SMILES string of the molecule is Cc1cc2c(NCc3ncn[nH]3)ccc(N)c2cn1. The third-order valence-electron chi connectivity index (χ3n) is 2.98. The van der Waals surface area contributed by atoms with Crippen molar-refractivity contribution >= 4 is 22.1 Å². The molecule has 3 aromatic rings. The van der Waals surface area contributed by atoms with Gasteiger partial charge in [0.1, 0.15) is 12.2 Å². The number of nitrogens with zero attached hydrogens (tertiary/aromatic N) is 3. The summed E-state index contributed by atoms with van der Waals surface area (Å²) >= 11 is 0. The number of anilines is 2. The largest absolute Gasteiger partial charge is 0.398 e. The van der Waals surface area contributed by atoms with Crippen molar-refractivity contribution in [1.29, 1.82) is 0 Å². The summed E-state index contributed by atoms with van der Waals surface area (Å²) in [5, 5.41) is 12.0. The zero-order chi connectivity index (χ0) is 13.2. The van der Waals surface area contributed by atoms with Crippen molar-refractivity contribution in [1.82, 2.24) is 20.2 Å². The van der Waals surface area contributed by atoms with E-state index in [1.807, 2.05) is 25.1 Å². The van der Waals surface area contributed by atoms with Crippen molar-refractivity contribution < 1.29 is 0 Å². The second kappa shape index (κ2) is 4.56. The summed E-state index contributed by atoms with van der Waals surface area (Å²) in [4.78, 5) is 8.36. The lowest BCUT2D eigenvalue weighted by atomic mass is 10.1. The molecule has 0 fully saturated rings. The topological polar surface area (TPSA) is 92.5 Å². The minimum Gasteiger partial charge on any atom is -0.398 e. The van der Waals surface area contributed by atoms with Crippen LogP contribution in [0.25, 0.3) is 10.8 Å². The average molecular weight is 254 g/mol. The predicted octanol–water partition coefficient (Wildman–Crippen LogP) is 1.86. The van der Waals surface area contributed by atoms with E-state index in [1.165, 1.54) is 6.33 Å². The zero-order valence-corrected chi connectivity index (χ0v) is 10.5. The van der Waals surface area contributed by atoms with Crippen molar-refractivity contribution in [2.75, 3.05) is 11.1 Å². The number of aromatic nitrogens is 4. The molecule has 1 aromatic carbocycles. The van der Waals surface area contributed by atoms with E-state index in [1.54, 1.807) is 6.20 Å². The van der Waals surface area contributed by atoms with Gasteiger partial charge in [-0.2, -0.15) is 5.10 Å². The van der Waals surface area contributed by atoms with Gasteiger partial charge < -0.3 is 11.1 Å². The number of fused-ring (bicyclic) bond motifs is 1. The van der Waals surface area contributed by atoms with Gasteiger partial charge in [-0.1, -0.05) is 0 Å². The molecule has 96 valence electrons. The number of pyridine rings is 1. The Hall–Kier alpha value is -2.63. The molecule has 0 saturated heterocycles. The molecule has 0 amide bonds. The average Bonchev–Trinajstić information content (AvgIpc) is 2.91. The molecule has 0 saturated carbocycles. The Morgan fingerprint density at radius 2 is 2.16 bits per heavy atom. The lowest BCUT2D eigenvalue weighted by Gasteiger charge is -2.10. The highest BCUT2D eigenvalue weighted by molar-refractivity contribution is 6.00. The molecule has 2 aromatic heterocycles. The number of aromatic amines is 1. The fraction of sp³-hybridized carbons (Fsp3) is 0.154. The van der Waals surface area contributed by atoms with Gasteiger partial charge in [-0.05, 0) is 25.1 Å². The van der Waals surface area contributed by atoms with Gasteiger partial charge in [0, 0.05) is 34.0 Å². The van der Waals surface area contributed by atoms with Crippen molar-refractivity contribution in [3.05, 3.63) is 42.2 Å². The van der Waals surface area contributed by atoms with Crippen molar-refractivity contribution in [2.45, 2.75) is 13.5 Å². The van der Waals surface area contributed by atoms with Gasteiger partial charge in [0.2, 0.25) is 0 Å². The van der Waals surface area contributed by atoms with Crippen molar-refractivity contribution in [3.8, 4) is 0 Å². The number of nitrogen functional groups attached to an aromatic ring is 1. The van der Waals surface area contributed by atoms with E-state index < -0.39 is 0 Å². The molecule has 0 atom stereocenters. The van der Waals surface area contributed by atoms with Crippen LogP contribution in [0.2, 0.25) is 0 Å². The number of hydrogen-bond donors (Lipinski definition) is 3. The molecule has 0 spiro atoms. The van der Waals surface area contributed by atoms with E-state index in [0.29, 0.717) is 6.54 Å². The summed E-state index contributed by atoms with van der Waals surface area (Å²) in [7, 11) is 0. The molecule has 6 heteroatoms. The lowest BCUT2D eigenvalue weighted by Crippen LogP contribution is -2.02.